The molecule has 1 aromatic carbocycles. The minimum absolute atomic E-state index is 0. The normalized spacial score (nSPS) is 12.0. The maximum Gasteiger partial charge on any atom is 0.374 e. The summed E-state index contributed by atoms with van der Waals surface area (Å²) < 4.78 is 39.3. The summed E-state index contributed by atoms with van der Waals surface area (Å²) in [6, 6.07) is 20.7. The summed E-state index contributed by atoms with van der Waals surface area (Å²) in [5.41, 5.74) is -1.04. The van der Waals surface area contributed by atoms with E-state index in [-0.39, 0.29) is 30.9 Å². The summed E-state index contributed by atoms with van der Waals surface area (Å²) in [5, 5.41) is 44.2. The molecule has 0 radical (unpaired) electrons. The van der Waals surface area contributed by atoms with E-state index in [2.05, 4.69) is 106 Å². The highest BCUT2D eigenvalue weighted by molar-refractivity contribution is 5.86. The second-order valence-electron chi connectivity index (χ2n) is 21.0. The molecule has 2 fully saturated rings. The van der Waals surface area contributed by atoms with Gasteiger partial charge in [0.2, 0.25) is 0 Å². The molecule has 9 aromatic heterocycles. The highest BCUT2D eigenvalue weighted by Gasteiger charge is 2.22. The molecular weight excluding hydrogens is 1520 g/mol. The number of aromatic nitrogens is 27. The summed E-state index contributed by atoms with van der Waals surface area (Å²) in [4.78, 5) is 148. The van der Waals surface area contributed by atoms with E-state index in [1.807, 2.05) is 61.5 Å². The van der Waals surface area contributed by atoms with Gasteiger partial charge in [0.1, 0.15) is 0 Å². The van der Waals surface area contributed by atoms with Gasteiger partial charge in [-0.2, -0.15) is 51.5 Å². The molecule has 116 heavy (non-hydrogen) atoms. The van der Waals surface area contributed by atoms with Crippen molar-refractivity contribution >= 4 is 73.0 Å². The van der Waals surface area contributed by atoms with E-state index in [0.717, 1.165) is 135 Å². The average molecular weight is 1610 g/mol. The number of methoxy groups -OCH3 is 6. The number of pyridine rings is 3. The van der Waals surface area contributed by atoms with Gasteiger partial charge in [-0.3, -0.25) is 9.97 Å². The number of carbonyl (C=O) groups excluding carboxylic acids is 6. The first kappa shape index (κ1) is 97.2. The predicted molar refractivity (Wildman–Crippen MR) is 420 cm³/mol. The minimum Gasteiger partial charge on any atom is -0.466 e. The molecule has 45 nitrogen and oxygen atoms in total. The van der Waals surface area contributed by atoms with E-state index in [0.29, 0.717) is 22.9 Å². The first-order valence-electron chi connectivity index (χ1n) is 35.4. The van der Waals surface area contributed by atoms with Gasteiger partial charge in [-0.05, 0) is 137 Å². The van der Waals surface area contributed by atoms with E-state index in [1.54, 1.807) is 72.9 Å². The van der Waals surface area contributed by atoms with Crippen molar-refractivity contribution in [2.75, 3.05) is 42.7 Å². The number of hydrogen-bond acceptors (Lipinski definition) is 33. The molecule has 0 N–H and O–H groups in total. The predicted octanol–water partition coefficient (Wildman–Crippen LogP) is 4.00. The van der Waals surface area contributed by atoms with Gasteiger partial charge in [-0.15, -0.1) is 4.68 Å². The van der Waals surface area contributed by atoms with E-state index < -0.39 is 58.6 Å². The van der Waals surface area contributed by atoms with Gasteiger partial charge < -0.3 is 28.4 Å². The Morgan fingerprint density at radius 1 is 0.310 bits per heavy atom. The molecule has 0 unspecified atom stereocenters. The van der Waals surface area contributed by atoms with Crippen LogP contribution in [0.4, 0.5) is 0 Å². The lowest BCUT2D eigenvalue weighted by Gasteiger charge is -2.19. The molecule has 0 atom stereocenters. The zero-order valence-electron chi connectivity index (χ0n) is 65.7. The number of para-hydroxylation sites is 1. The maximum absolute atomic E-state index is 12.0. The lowest BCUT2D eigenvalue weighted by molar-refractivity contribution is -0.135. The van der Waals surface area contributed by atoms with Gasteiger partial charge in [0.15, 0.2) is 5.82 Å². The van der Waals surface area contributed by atoms with E-state index in [9.17, 15) is 57.5 Å². The van der Waals surface area contributed by atoms with Crippen molar-refractivity contribution < 1.29 is 57.2 Å². The van der Waals surface area contributed by atoms with Crippen molar-refractivity contribution in [2.24, 2.45) is 0 Å². The molecule has 2 aliphatic carbocycles. The maximum atomic E-state index is 12.0. The van der Waals surface area contributed by atoms with Gasteiger partial charge >= 0.3 is 70.0 Å². The number of rotatable bonds is 18. The van der Waals surface area contributed by atoms with Crippen LogP contribution < -0.4 is 34.1 Å². The Kier molecular flexibility index (Phi) is 45.9. The van der Waals surface area contributed by atoms with Crippen molar-refractivity contribution in [3.8, 4) is 22.9 Å². The lowest BCUT2D eigenvalue weighted by atomic mass is 9.96. The molecule has 622 valence electrons. The van der Waals surface area contributed by atoms with Crippen molar-refractivity contribution in [1.29, 1.82) is 0 Å². The van der Waals surface area contributed by atoms with Gasteiger partial charge in [-0.1, -0.05) is 119 Å². The van der Waals surface area contributed by atoms with Crippen LogP contribution >= 0.6 is 0 Å². The molecule has 45 heteroatoms. The van der Waals surface area contributed by atoms with Gasteiger partial charge in [-0.25, -0.2) is 62.5 Å². The van der Waals surface area contributed by atoms with E-state index in [1.165, 1.54) is 120 Å². The second kappa shape index (κ2) is 54.7. The molecule has 0 amide bonds. The topological polar surface area (TPSA) is 513 Å². The average Bonchev–Trinajstić information content (AvgIpc) is 1.78. The molecule has 0 bridgehead atoms. The first-order chi connectivity index (χ1) is 55.8. The second-order valence-corrected chi connectivity index (χ2v) is 21.0. The molecular formula is C71H95N27O18. The highest BCUT2D eigenvalue weighted by Crippen LogP contribution is 2.27. The van der Waals surface area contributed by atoms with Gasteiger partial charge in [0, 0.05) is 98.4 Å². The highest BCUT2D eigenvalue weighted by atomic mass is 16.5. The standard InChI is InChI=1S/C11H16N4O3.C11H10N4O3.3C10H9N5O3.C10H14N4O3.4C2H6.CH4/c2*1-18-10(16)7-8-14-11(17)15(13-12-14)9-5-3-2-4-6-9;1-18-9(16)4-7-14-10(17)15(13-12-14)8-2-5-11-6-3-8;1-18-9(16)4-6-14-10(17)15(13-12-14)8-3-2-5-11-7-8;1-18-9(16)5-7-14-10(17)15(13-12-14)8-4-2-3-6-11-8;1-17-9(15)6-7-13-10(16)14(12-11-13)8-4-2-3-5-8;4*1-2;/h7-9H,2-6H2,1H3;2-8H,1H3;3*2-7H,1H3;6-8H,2-5H2,1H3;4*1-2H3;1H4/b2*8-7-;7-4-;6-4-;7-5-;7-6-;;;;;. The SMILES string of the molecule is C.CC.CC.CC.CC.COC(=O)/C=C\n1nnn(-c2ccccc2)c1=O.COC(=O)/C=C\n1nnn(-c2ccccn2)c1=O.COC(=O)/C=C\n1nnn(-c2cccnc2)c1=O.COC(=O)/C=C\n1nnn(-c2ccncc2)c1=O.COC(=O)/C=C\n1nnn(C2CCCC2)c1=O.COC(=O)/C=C\n1nnn(C2CCCCC2)c1=O. The van der Waals surface area contributed by atoms with Crippen molar-refractivity contribution in [3.63, 3.8) is 0 Å². The van der Waals surface area contributed by atoms with Crippen LogP contribution in [-0.2, 0) is 57.2 Å². The van der Waals surface area contributed by atoms with Crippen LogP contribution in [0.5, 0.6) is 0 Å². The fraction of sp³-hybridized carbons (Fsp3) is 0.366. The molecule has 0 aliphatic heterocycles. The summed E-state index contributed by atoms with van der Waals surface area (Å²) in [6.45, 7) is 16.0. The third-order valence-electron chi connectivity index (χ3n) is 14.2. The molecule has 2 saturated carbocycles. The number of benzene rings is 1. The molecule has 0 saturated heterocycles. The Balaban J connectivity index is 0.000000463. The zero-order chi connectivity index (χ0) is 85.0. The van der Waals surface area contributed by atoms with Crippen LogP contribution in [0.2, 0.25) is 0 Å². The number of carbonyl (C=O) groups is 6. The Morgan fingerprint density at radius 3 is 0.931 bits per heavy atom. The van der Waals surface area contributed by atoms with E-state index in [4.69, 9.17) is 0 Å². The molecule has 9 heterocycles. The summed E-state index contributed by atoms with van der Waals surface area (Å²) in [7, 11) is 7.50. The summed E-state index contributed by atoms with van der Waals surface area (Å²) >= 11 is 0. The third kappa shape index (κ3) is 30.8. The smallest absolute Gasteiger partial charge is 0.374 e. The van der Waals surface area contributed by atoms with Crippen molar-refractivity contribution in [2.45, 2.75) is 133 Å². The fourth-order valence-electron chi connectivity index (χ4n) is 8.90. The molecule has 10 aromatic rings. The Bertz CT molecular complexity index is 4690. The van der Waals surface area contributed by atoms with Gasteiger partial charge in [0.05, 0.1) is 78.0 Å². The number of nitrogens with zero attached hydrogens (tertiary/aromatic N) is 27. The monoisotopic (exact) mass is 1610 g/mol. The summed E-state index contributed by atoms with van der Waals surface area (Å²) in [6.07, 6.45) is 31.0. The van der Waals surface area contributed by atoms with Crippen LogP contribution in [0.25, 0.3) is 60.1 Å². The molecule has 0 spiro atoms. The van der Waals surface area contributed by atoms with E-state index >= 15 is 0 Å². The van der Waals surface area contributed by atoms with Crippen LogP contribution in [0.3, 0.4) is 0 Å². The lowest BCUT2D eigenvalue weighted by Crippen LogP contribution is -2.28. The van der Waals surface area contributed by atoms with Crippen LogP contribution in [0, 0.1) is 0 Å². The zero-order valence-corrected chi connectivity index (χ0v) is 65.7. The quantitative estimate of drug-likeness (QED) is 0.0665. The number of esters is 6. The minimum atomic E-state index is -0.589. The van der Waals surface area contributed by atoms with Crippen LogP contribution in [0.15, 0.2) is 169 Å². The van der Waals surface area contributed by atoms with Crippen molar-refractivity contribution in [1.82, 2.24) is 134 Å². The Hall–Kier alpha value is -14.8. The Labute approximate surface area is 662 Å². The molecule has 12 rings (SSSR count). The number of tetrazole rings is 6. The summed E-state index contributed by atoms with van der Waals surface area (Å²) in [5.74, 6) is -3.05. The number of ether oxygens (including phenoxy) is 6. The first-order valence-corrected chi connectivity index (χ1v) is 35.4. The Morgan fingerprint density at radius 2 is 0.603 bits per heavy atom. The fourth-order valence-corrected chi connectivity index (χ4v) is 8.90. The third-order valence-corrected chi connectivity index (χ3v) is 14.2. The largest absolute Gasteiger partial charge is 0.466 e. The van der Waals surface area contributed by atoms with Crippen LogP contribution in [0.1, 0.15) is 133 Å². The van der Waals surface area contributed by atoms with Crippen LogP contribution in [-0.4, -0.2) is 212 Å². The molecule has 2 aliphatic rings. The van der Waals surface area contributed by atoms with Crippen molar-refractivity contribution in [3.05, 3.63) is 203 Å². The van der Waals surface area contributed by atoms with Gasteiger partial charge in [0.25, 0.3) is 0 Å². The number of hydrogen-bond donors (Lipinski definition) is 0.